The van der Waals surface area contributed by atoms with Crippen molar-refractivity contribution in [1.29, 1.82) is 0 Å². The predicted molar refractivity (Wildman–Crippen MR) is 67.7 cm³/mol. The second-order valence-electron chi connectivity index (χ2n) is 4.10. The number of nitrogens with zero attached hydrogens (tertiary/aromatic N) is 1. The van der Waals surface area contributed by atoms with Crippen molar-refractivity contribution in [2.75, 3.05) is 6.54 Å². The summed E-state index contributed by atoms with van der Waals surface area (Å²) >= 11 is 1.38. The van der Waals surface area contributed by atoms with Crippen LogP contribution in [0.4, 0.5) is 0 Å². The first-order chi connectivity index (χ1) is 8.66. The minimum atomic E-state index is -0.983. The number of carboxylic acid groups (broad SMARTS) is 1. The van der Waals surface area contributed by atoms with E-state index in [9.17, 15) is 9.59 Å². The highest BCUT2D eigenvalue weighted by Crippen LogP contribution is 2.30. The molecule has 0 radical (unpaired) electrons. The number of carbonyl (C=O) groups excluding carboxylic acids is 1. The van der Waals surface area contributed by atoms with Crippen molar-refractivity contribution in [2.24, 2.45) is 0 Å². The molecule has 1 unspecified atom stereocenters. The fourth-order valence-electron chi connectivity index (χ4n) is 1.84. The number of carboxylic acids is 1. The minimum Gasteiger partial charge on any atom is -0.478 e. The number of aromatic carboxylic acids is 1. The van der Waals surface area contributed by atoms with Gasteiger partial charge in [0.1, 0.15) is 5.03 Å². The van der Waals surface area contributed by atoms with E-state index in [0.717, 1.165) is 12.8 Å². The SMILES string of the molecule is O=C1CC(Sc2ncccc2C(=O)O)CCCN1. The first-order valence-electron chi connectivity index (χ1n) is 5.78. The van der Waals surface area contributed by atoms with E-state index in [-0.39, 0.29) is 16.7 Å². The fourth-order valence-corrected chi connectivity index (χ4v) is 3.08. The maximum atomic E-state index is 11.4. The zero-order chi connectivity index (χ0) is 13.0. The summed E-state index contributed by atoms with van der Waals surface area (Å²) in [7, 11) is 0. The molecule has 2 rings (SSSR count). The monoisotopic (exact) mass is 266 g/mol. The predicted octanol–water partition coefficient (Wildman–Crippen LogP) is 1.54. The van der Waals surface area contributed by atoms with Gasteiger partial charge in [-0.1, -0.05) is 0 Å². The van der Waals surface area contributed by atoms with Gasteiger partial charge >= 0.3 is 5.97 Å². The molecule has 1 saturated heterocycles. The quantitative estimate of drug-likeness (QED) is 0.867. The number of nitrogens with one attached hydrogen (secondary N) is 1. The first kappa shape index (κ1) is 12.9. The highest BCUT2D eigenvalue weighted by molar-refractivity contribution is 8.00. The third-order valence-electron chi connectivity index (χ3n) is 2.72. The van der Waals surface area contributed by atoms with Gasteiger partial charge in [0.05, 0.1) is 5.56 Å². The van der Waals surface area contributed by atoms with Gasteiger partial charge in [-0.3, -0.25) is 4.79 Å². The molecule has 0 spiro atoms. The molecule has 96 valence electrons. The van der Waals surface area contributed by atoms with Gasteiger partial charge in [0, 0.05) is 24.4 Å². The molecule has 1 aromatic rings. The van der Waals surface area contributed by atoms with Gasteiger partial charge in [0.25, 0.3) is 0 Å². The highest BCUT2D eigenvalue weighted by atomic mass is 32.2. The number of pyridine rings is 1. The Labute approximate surface area is 109 Å². The van der Waals surface area contributed by atoms with E-state index < -0.39 is 5.97 Å². The van der Waals surface area contributed by atoms with Crippen molar-refractivity contribution >= 4 is 23.6 Å². The molecule has 2 heterocycles. The van der Waals surface area contributed by atoms with Gasteiger partial charge in [0.15, 0.2) is 0 Å². The number of rotatable bonds is 3. The van der Waals surface area contributed by atoms with Gasteiger partial charge in [0.2, 0.25) is 5.91 Å². The standard InChI is InChI=1S/C12H14N2O3S/c15-10-7-8(3-1-5-13-10)18-11-9(12(16)17)4-2-6-14-11/h2,4,6,8H,1,3,5,7H2,(H,13,15)(H,16,17). The molecule has 6 heteroatoms. The van der Waals surface area contributed by atoms with Crippen LogP contribution >= 0.6 is 11.8 Å². The van der Waals surface area contributed by atoms with E-state index in [4.69, 9.17) is 5.11 Å². The Morgan fingerprint density at radius 3 is 3.17 bits per heavy atom. The van der Waals surface area contributed by atoms with E-state index in [1.165, 1.54) is 17.8 Å². The lowest BCUT2D eigenvalue weighted by atomic mass is 10.2. The summed E-state index contributed by atoms with van der Waals surface area (Å²) in [6.07, 6.45) is 3.80. The van der Waals surface area contributed by atoms with Gasteiger partial charge in [-0.2, -0.15) is 0 Å². The Hall–Kier alpha value is -1.56. The fraction of sp³-hybridized carbons (Fsp3) is 0.417. The van der Waals surface area contributed by atoms with Gasteiger partial charge in [-0.25, -0.2) is 9.78 Å². The summed E-state index contributed by atoms with van der Waals surface area (Å²) in [6, 6.07) is 3.14. The second-order valence-corrected chi connectivity index (χ2v) is 5.39. The number of hydrogen-bond acceptors (Lipinski definition) is 4. The van der Waals surface area contributed by atoms with Crippen LogP contribution in [-0.4, -0.2) is 33.8 Å². The van der Waals surface area contributed by atoms with Crippen molar-refractivity contribution < 1.29 is 14.7 Å². The number of amides is 1. The van der Waals surface area contributed by atoms with Gasteiger partial charge < -0.3 is 10.4 Å². The van der Waals surface area contributed by atoms with Crippen LogP contribution in [0.25, 0.3) is 0 Å². The van der Waals surface area contributed by atoms with Crippen LogP contribution in [0.1, 0.15) is 29.6 Å². The third-order valence-corrected chi connectivity index (χ3v) is 4.00. The molecule has 5 nitrogen and oxygen atoms in total. The lowest BCUT2D eigenvalue weighted by molar-refractivity contribution is -0.120. The molecule has 1 fully saturated rings. The van der Waals surface area contributed by atoms with Crippen LogP contribution in [0, 0.1) is 0 Å². The third kappa shape index (κ3) is 3.22. The minimum absolute atomic E-state index is 0.0257. The maximum absolute atomic E-state index is 11.4. The van der Waals surface area contributed by atoms with Crippen molar-refractivity contribution in [3.05, 3.63) is 23.9 Å². The molecule has 1 amide bonds. The normalized spacial score (nSPS) is 20.0. The summed E-state index contributed by atoms with van der Waals surface area (Å²) in [5.74, 6) is -0.957. The van der Waals surface area contributed by atoms with Crippen molar-refractivity contribution in [3.63, 3.8) is 0 Å². The van der Waals surface area contributed by atoms with Crippen molar-refractivity contribution in [3.8, 4) is 0 Å². The number of aromatic nitrogens is 1. The van der Waals surface area contributed by atoms with Crippen LogP contribution in [0.2, 0.25) is 0 Å². The van der Waals surface area contributed by atoms with Crippen LogP contribution in [-0.2, 0) is 4.79 Å². The first-order valence-corrected chi connectivity index (χ1v) is 6.66. The van der Waals surface area contributed by atoms with E-state index in [2.05, 4.69) is 10.3 Å². The summed E-state index contributed by atoms with van der Waals surface area (Å²) in [5.41, 5.74) is 0.201. The largest absolute Gasteiger partial charge is 0.478 e. The summed E-state index contributed by atoms with van der Waals surface area (Å²) in [5, 5.41) is 12.5. The lowest BCUT2D eigenvalue weighted by Gasteiger charge is -2.12. The van der Waals surface area contributed by atoms with E-state index in [0.29, 0.717) is 18.0 Å². The van der Waals surface area contributed by atoms with Crippen LogP contribution < -0.4 is 5.32 Å². The molecule has 0 aromatic carbocycles. The maximum Gasteiger partial charge on any atom is 0.338 e. The van der Waals surface area contributed by atoms with Crippen LogP contribution in [0.5, 0.6) is 0 Å². The number of thioether (sulfide) groups is 1. The Bertz CT molecular complexity index is 464. The zero-order valence-electron chi connectivity index (χ0n) is 9.76. The Morgan fingerprint density at radius 1 is 1.56 bits per heavy atom. The molecule has 1 aliphatic rings. The molecule has 18 heavy (non-hydrogen) atoms. The Balaban J connectivity index is 2.13. The van der Waals surface area contributed by atoms with E-state index in [1.54, 1.807) is 12.3 Å². The summed E-state index contributed by atoms with van der Waals surface area (Å²) in [6.45, 7) is 0.698. The molecule has 1 aromatic heterocycles. The average Bonchev–Trinajstić information content (AvgIpc) is 2.54. The molecule has 2 N–H and O–H groups in total. The van der Waals surface area contributed by atoms with Gasteiger partial charge in [-0.15, -0.1) is 11.8 Å². The van der Waals surface area contributed by atoms with Crippen LogP contribution in [0.15, 0.2) is 23.4 Å². The molecule has 0 aliphatic carbocycles. The molecule has 1 aliphatic heterocycles. The summed E-state index contributed by atoms with van der Waals surface area (Å²) in [4.78, 5) is 26.6. The second kappa shape index (κ2) is 5.86. The van der Waals surface area contributed by atoms with Crippen molar-refractivity contribution in [2.45, 2.75) is 29.5 Å². The Morgan fingerprint density at radius 2 is 2.39 bits per heavy atom. The molecule has 0 saturated carbocycles. The lowest BCUT2D eigenvalue weighted by Crippen LogP contribution is -2.22. The van der Waals surface area contributed by atoms with E-state index in [1.807, 2.05) is 0 Å². The number of hydrogen-bond donors (Lipinski definition) is 2. The molecule has 1 atom stereocenters. The molecular weight excluding hydrogens is 252 g/mol. The van der Waals surface area contributed by atoms with Gasteiger partial charge in [-0.05, 0) is 25.0 Å². The Kier molecular flexibility index (Phi) is 4.19. The zero-order valence-corrected chi connectivity index (χ0v) is 10.6. The van der Waals surface area contributed by atoms with E-state index >= 15 is 0 Å². The number of carbonyl (C=O) groups is 2. The topological polar surface area (TPSA) is 79.3 Å². The highest BCUT2D eigenvalue weighted by Gasteiger charge is 2.21. The molecule has 0 bridgehead atoms. The smallest absolute Gasteiger partial charge is 0.338 e. The van der Waals surface area contributed by atoms with Crippen molar-refractivity contribution in [1.82, 2.24) is 10.3 Å². The van der Waals surface area contributed by atoms with Crippen LogP contribution in [0.3, 0.4) is 0 Å². The summed E-state index contributed by atoms with van der Waals surface area (Å²) < 4.78 is 0. The molecular formula is C12H14N2O3S. The average molecular weight is 266 g/mol.